The average Bonchev–Trinajstić information content (AvgIpc) is 3.28. The minimum atomic E-state index is -2.94. The van der Waals surface area contributed by atoms with Crippen LogP contribution >= 0.6 is 0 Å². The van der Waals surface area contributed by atoms with E-state index in [1.165, 1.54) is 6.08 Å². The third-order valence-corrected chi connectivity index (χ3v) is 12.0. The van der Waals surface area contributed by atoms with Gasteiger partial charge in [-0.3, -0.25) is 24.0 Å². The highest BCUT2D eigenvalue weighted by atomic mass is 16.7. The molecule has 0 saturated carbocycles. The van der Waals surface area contributed by atoms with Gasteiger partial charge in [0.1, 0.15) is 35.9 Å². The van der Waals surface area contributed by atoms with Gasteiger partial charge < -0.3 is 54.0 Å². The number of ether oxygens (including phenoxy) is 6. The van der Waals surface area contributed by atoms with E-state index >= 15 is 0 Å². The van der Waals surface area contributed by atoms with Crippen LogP contribution in [0.3, 0.4) is 0 Å². The maximum Gasteiger partial charge on any atom is 0.302 e. The SMILES string of the molecule is COc1ccc(C(OCC2(CO)CCN(C(=O)C=CCCO[C@@H]3O[C@H](COC(C)=O)[C@@](O)(C(C)=O)[C@@](O)(C(C)=O)[C@H]3NC(C)=O)CC2)(c2ccccc2)c2ccc(OC)cc2)cc1. The fraction of sp³-hybridized carbons (Fsp3) is 0.468. The Kier molecular flexibility index (Phi) is 16.0. The van der Waals surface area contributed by atoms with Gasteiger partial charge in [0.15, 0.2) is 29.1 Å². The number of aliphatic hydroxyl groups excluding tert-OH is 1. The number of rotatable bonds is 19. The van der Waals surface area contributed by atoms with Crippen molar-refractivity contribution >= 4 is 29.4 Å². The van der Waals surface area contributed by atoms with Crippen molar-refractivity contribution in [2.45, 2.75) is 82.2 Å². The molecule has 2 amide bonds. The summed E-state index contributed by atoms with van der Waals surface area (Å²) >= 11 is 0. The maximum atomic E-state index is 13.4. The monoisotopic (exact) mass is 874 g/mol. The van der Waals surface area contributed by atoms with Crippen LogP contribution in [0.5, 0.6) is 11.5 Å². The molecule has 340 valence electrons. The molecule has 16 heteroatoms. The number of likely N-dealkylation sites (tertiary alicyclic amines) is 1. The van der Waals surface area contributed by atoms with Crippen LogP contribution in [0.15, 0.2) is 91.0 Å². The summed E-state index contributed by atoms with van der Waals surface area (Å²) in [6, 6.07) is 23.5. The second kappa shape index (κ2) is 20.8. The minimum Gasteiger partial charge on any atom is -0.497 e. The number of amides is 2. The first-order valence-electron chi connectivity index (χ1n) is 20.7. The molecular formula is C47H58N2O14. The van der Waals surface area contributed by atoms with Crippen molar-refractivity contribution in [2.24, 2.45) is 5.41 Å². The van der Waals surface area contributed by atoms with Crippen molar-refractivity contribution in [3.8, 4) is 11.5 Å². The molecule has 63 heavy (non-hydrogen) atoms. The molecule has 2 saturated heterocycles. The van der Waals surface area contributed by atoms with Gasteiger partial charge in [0.2, 0.25) is 11.8 Å². The first kappa shape index (κ1) is 48.5. The van der Waals surface area contributed by atoms with E-state index in [1.54, 1.807) is 25.2 Å². The highest BCUT2D eigenvalue weighted by Crippen LogP contribution is 2.45. The molecule has 3 aromatic carbocycles. The van der Waals surface area contributed by atoms with Gasteiger partial charge in [-0.1, -0.05) is 60.7 Å². The summed E-state index contributed by atoms with van der Waals surface area (Å²) in [5.41, 5.74) is -5.06. The van der Waals surface area contributed by atoms with Gasteiger partial charge in [-0.05, 0) is 80.1 Å². The Balaban J connectivity index is 1.27. The lowest BCUT2D eigenvalue weighted by Crippen LogP contribution is -2.82. The molecule has 3 aromatic rings. The number of piperidine rings is 1. The van der Waals surface area contributed by atoms with E-state index < -0.39 is 70.7 Å². The van der Waals surface area contributed by atoms with E-state index in [2.05, 4.69) is 5.32 Å². The quantitative estimate of drug-likeness (QED) is 0.0590. The van der Waals surface area contributed by atoms with Crippen molar-refractivity contribution < 1.29 is 67.7 Å². The summed E-state index contributed by atoms with van der Waals surface area (Å²) < 4.78 is 34.7. The Bertz CT molecular complexity index is 2040. The Morgan fingerprint density at radius 3 is 1.83 bits per heavy atom. The smallest absolute Gasteiger partial charge is 0.302 e. The fourth-order valence-corrected chi connectivity index (χ4v) is 8.31. The Morgan fingerprint density at radius 2 is 1.35 bits per heavy atom. The number of ketones is 2. The van der Waals surface area contributed by atoms with Gasteiger partial charge in [-0.15, -0.1) is 0 Å². The van der Waals surface area contributed by atoms with Gasteiger partial charge >= 0.3 is 5.97 Å². The lowest BCUT2D eigenvalue weighted by atomic mass is 9.67. The molecule has 0 aliphatic carbocycles. The maximum absolute atomic E-state index is 13.4. The number of hydrogen-bond donors (Lipinski definition) is 4. The zero-order valence-corrected chi connectivity index (χ0v) is 36.5. The Hall–Kier alpha value is -5.49. The topological polar surface area (TPSA) is 217 Å². The Morgan fingerprint density at radius 1 is 0.810 bits per heavy atom. The van der Waals surface area contributed by atoms with Crippen LogP contribution in [0.4, 0.5) is 0 Å². The summed E-state index contributed by atoms with van der Waals surface area (Å²) in [7, 11) is 3.21. The summed E-state index contributed by atoms with van der Waals surface area (Å²) in [5, 5.41) is 36.6. The number of aliphatic hydroxyl groups is 3. The van der Waals surface area contributed by atoms with Crippen molar-refractivity contribution in [1.82, 2.24) is 10.2 Å². The van der Waals surface area contributed by atoms with E-state index in [0.29, 0.717) is 37.4 Å². The molecule has 4 N–H and O–H groups in total. The normalized spacial score (nSPS) is 23.4. The number of methoxy groups -OCH3 is 2. The number of benzene rings is 3. The fourth-order valence-electron chi connectivity index (χ4n) is 8.31. The first-order valence-corrected chi connectivity index (χ1v) is 20.7. The first-order chi connectivity index (χ1) is 30.0. The number of hydrogen-bond acceptors (Lipinski definition) is 14. The lowest BCUT2D eigenvalue weighted by molar-refractivity contribution is -0.316. The van der Waals surface area contributed by atoms with Crippen molar-refractivity contribution in [3.05, 3.63) is 108 Å². The molecule has 16 nitrogen and oxygen atoms in total. The molecule has 0 radical (unpaired) electrons. The number of carbonyl (C=O) groups excluding carboxylic acids is 5. The van der Waals surface area contributed by atoms with Crippen molar-refractivity contribution in [2.75, 3.05) is 53.7 Å². The van der Waals surface area contributed by atoms with Crippen LogP contribution in [0.25, 0.3) is 0 Å². The number of esters is 1. The minimum absolute atomic E-state index is 0.128. The number of nitrogens with one attached hydrogen (secondary N) is 1. The molecule has 2 heterocycles. The van der Waals surface area contributed by atoms with E-state index in [-0.39, 0.29) is 32.1 Å². The average molecular weight is 875 g/mol. The standard InChI is InChI=1S/C47H58N2O14/c1-31(51)46(56)40(28-61-34(4)54)63-43(42(48-33(3)53)47(46,57)32(2)52)60-27-11-10-14-41(55)49-25-23-44(29-50,24-26-49)30-62-45(35-12-8-7-9-13-35,36-15-19-38(58-5)20-16-36)37-17-21-39(59-6)22-18-37/h7-10,12-22,40,42-43,50,56-57H,11,23-30H2,1-6H3,(H,48,53)/t40-,42+,43-,46+,47-/m1/s1. The molecule has 5 rings (SSSR count). The van der Waals surface area contributed by atoms with Crippen molar-refractivity contribution in [3.63, 3.8) is 0 Å². The molecule has 2 aliphatic heterocycles. The van der Waals surface area contributed by atoms with Gasteiger partial charge in [-0.25, -0.2) is 0 Å². The van der Waals surface area contributed by atoms with E-state index in [0.717, 1.165) is 44.4 Å². The predicted molar refractivity (Wildman–Crippen MR) is 227 cm³/mol. The van der Waals surface area contributed by atoms with Gasteiger partial charge in [0.05, 0.1) is 34.0 Å². The molecule has 0 spiro atoms. The molecule has 2 aliphatic rings. The third kappa shape index (κ3) is 10.2. The molecule has 0 bridgehead atoms. The van der Waals surface area contributed by atoms with E-state index in [1.807, 2.05) is 78.9 Å². The number of carbonyl (C=O) groups is 5. The lowest BCUT2D eigenvalue weighted by Gasteiger charge is -2.54. The highest BCUT2D eigenvalue weighted by Gasteiger charge is 2.70. The van der Waals surface area contributed by atoms with Crippen LogP contribution in [0.2, 0.25) is 0 Å². The predicted octanol–water partition coefficient (Wildman–Crippen LogP) is 3.01. The molecule has 0 unspecified atom stereocenters. The van der Waals surface area contributed by atoms with E-state index in [4.69, 9.17) is 28.4 Å². The molecular weight excluding hydrogens is 817 g/mol. The van der Waals surface area contributed by atoms with Crippen LogP contribution in [0, 0.1) is 5.41 Å². The third-order valence-electron chi connectivity index (χ3n) is 12.0. The zero-order chi connectivity index (χ0) is 46.0. The van der Waals surface area contributed by atoms with Gasteiger partial charge in [0, 0.05) is 32.4 Å². The molecule has 2 fully saturated rings. The highest BCUT2D eigenvalue weighted by molar-refractivity contribution is 5.99. The Labute approximate surface area is 367 Å². The zero-order valence-electron chi connectivity index (χ0n) is 36.5. The van der Waals surface area contributed by atoms with Gasteiger partial charge in [0.25, 0.3) is 0 Å². The summed E-state index contributed by atoms with van der Waals surface area (Å²) in [5.74, 6) is -2.55. The van der Waals surface area contributed by atoms with Crippen LogP contribution in [0.1, 0.15) is 63.6 Å². The summed E-state index contributed by atoms with van der Waals surface area (Å²) in [6.45, 7) is 3.84. The number of Topliss-reactive ketones (excluding diaryl/α,β-unsaturated/α-hetero) is 2. The summed E-state index contributed by atoms with van der Waals surface area (Å²) in [4.78, 5) is 64.8. The van der Waals surface area contributed by atoms with Crippen LogP contribution in [-0.4, -0.2) is 133 Å². The largest absolute Gasteiger partial charge is 0.497 e. The number of nitrogens with zero attached hydrogens (tertiary/aromatic N) is 1. The van der Waals surface area contributed by atoms with Crippen molar-refractivity contribution in [1.29, 1.82) is 0 Å². The second-order valence-corrected chi connectivity index (χ2v) is 16.0. The molecule has 5 atom stereocenters. The second-order valence-electron chi connectivity index (χ2n) is 16.0. The van der Waals surface area contributed by atoms with Gasteiger partial charge in [-0.2, -0.15) is 0 Å². The molecule has 0 aromatic heterocycles. The van der Waals surface area contributed by atoms with Crippen LogP contribution in [-0.2, 0) is 48.5 Å². The summed E-state index contributed by atoms with van der Waals surface area (Å²) in [6.07, 6.45) is 0.623. The van der Waals surface area contributed by atoms with Crippen LogP contribution < -0.4 is 14.8 Å². The van der Waals surface area contributed by atoms with E-state index in [9.17, 15) is 39.3 Å².